The zero-order valence-electron chi connectivity index (χ0n) is 12.1. The van der Waals surface area contributed by atoms with Crippen molar-refractivity contribution in [3.8, 4) is 0 Å². The molecule has 0 spiro atoms. The minimum atomic E-state index is -3.26. The fourth-order valence-electron chi connectivity index (χ4n) is 2.72. The molecule has 112 valence electrons. The maximum absolute atomic E-state index is 12.8. The molecule has 0 amide bonds. The molecule has 0 aromatic heterocycles. The van der Waals surface area contributed by atoms with E-state index in [4.69, 9.17) is 5.73 Å². The molecular formula is C15H24N2O2S. The van der Waals surface area contributed by atoms with E-state index in [1.54, 1.807) is 4.31 Å². The van der Waals surface area contributed by atoms with E-state index in [1.807, 2.05) is 31.2 Å². The number of benzene rings is 1. The van der Waals surface area contributed by atoms with E-state index in [-0.39, 0.29) is 5.25 Å². The highest BCUT2D eigenvalue weighted by molar-refractivity contribution is 7.93. The second-order valence-corrected chi connectivity index (χ2v) is 7.64. The zero-order valence-corrected chi connectivity index (χ0v) is 12.9. The summed E-state index contributed by atoms with van der Waals surface area (Å²) in [6, 6.07) is 7.68. The Kier molecular flexibility index (Phi) is 5.05. The molecule has 2 rings (SSSR count). The molecule has 0 saturated heterocycles. The minimum Gasteiger partial charge on any atom is -0.330 e. The van der Waals surface area contributed by atoms with Crippen LogP contribution in [0.15, 0.2) is 24.3 Å². The SMILES string of the molecule is Cc1ccc(N(CCCN)S(=O)(=O)C2CCCC2)cc1. The zero-order chi connectivity index (χ0) is 14.6. The Morgan fingerprint density at radius 2 is 1.80 bits per heavy atom. The van der Waals surface area contributed by atoms with Crippen LogP contribution < -0.4 is 10.0 Å². The van der Waals surface area contributed by atoms with Crippen molar-refractivity contribution in [2.45, 2.75) is 44.3 Å². The highest BCUT2D eigenvalue weighted by Gasteiger charge is 2.34. The molecule has 1 aromatic rings. The first-order valence-corrected chi connectivity index (χ1v) is 8.84. The number of sulfonamides is 1. The van der Waals surface area contributed by atoms with E-state index in [0.29, 0.717) is 19.5 Å². The highest BCUT2D eigenvalue weighted by atomic mass is 32.2. The van der Waals surface area contributed by atoms with E-state index in [0.717, 1.165) is 36.9 Å². The summed E-state index contributed by atoms with van der Waals surface area (Å²) in [5, 5.41) is -0.221. The van der Waals surface area contributed by atoms with Crippen LogP contribution in [0.3, 0.4) is 0 Å². The molecule has 0 aliphatic heterocycles. The molecule has 0 bridgehead atoms. The lowest BCUT2D eigenvalue weighted by Gasteiger charge is -2.27. The van der Waals surface area contributed by atoms with Gasteiger partial charge in [-0.1, -0.05) is 30.5 Å². The number of anilines is 1. The molecule has 1 aromatic carbocycles. The molecule has 0 radical (unpaired) electrons. The van der Waals surface area contributed by atoms with Gasteiger partial charge in [0, 0.05) is 6.54 Å². The molecule has 0 atom stereocenters. The molecule has 2 N–H and O–H groups in total. The number of hydrogen-bond donors (Lipinski definition) is 1. The predicted octanol–water partition coefficient (Wildman–Crippen LogP) is 2.42. The van der Waals surface area contributed by atoms with Crippen molar-refractivity contribution in [3.63, 3.8) is 0 Å². The second kappa shape index (κ2) is 6.59. The average Bonchev–Trinajstić information content (AvgIpc) is 2.96. The number of aryl methyl sites for hydroxylation is 1. The minimum absolute atomic E-state index is 0.221. The van der Waals surface area contributed by atoms with Gasteiger partial charge in [0.05, 0.1) is 10.9 Å². The van der Waals surface area contributed by atoms with Gasteiger partial charge in [-0.2, -0.15) is 0 Å². The fourth-order valence-corrected chi connectivity index (χ4v) is 4.80. The van der Waals surface area contributed by atoms with Crippen molar-refractivity contribution in [2.24, 2.45) is 5.73 Å². The van der Waals surface area contributed by atoms with Crippen molar-refractivity contribution in [2.75, 3.05) is 17.4 Å². The van der Waals surface area contributed by atoms with Gasteiger partial charge in [-0.05, 0) is 44.9 Å². The molecule has 5 heteroatoms. The van der Waals surface area contributed by atoms with Crippen molar-refractivity contribution < 1.29 is 8.42 Å². The van der Waals surface area contributed by atoms with Gasteiger partial charge in [-0.25, -0.2) is 8.42 Å². The van der Waals surface area contributed by atoms with Crippen LogP contribution in [0.25, 0.3) is 0 Å². The summed E-state index contributed by atoms with van der Waals surface area (Å²) in [4.78, 5) is 0. The van der Waals surface area contributed by atoms with Gasteiger partial charge >= 0.3 is 0 Å². The van der Waals surface area contributed by atoms with Crippen LogP contribution in [0, 0.1) is 6.92 Å². The maximum Gasteiger partial charge on any atom is 0.238 e. The summed E-state index contributed by atoms with van der Waals surface area (Å²) < 4.78 is 27.2. The van der Waals surface area contributed by atoms with Crippen LogP contribution in [0.5, 0.6) is 0 Å². The lowest BCUT2D eigenvalue weighted by Crippen LogP contribution is -2.39. The fraction of sp³-hybridized carbons (Fsp3) is 0.600. The molecule has 1 fully saturated rings. The lowest BCUT2D eigenvalue weighted by molar-refractivity contribution is 0.573. The molecule has 1 aliphatic rings. The van der Waals surface area contributed by atoms with Gasteiger partial charge in [0.15, 0.2) is 0 Å². The highest BCUT2D eigenvalue weighted by Crippen LogP contribution is 2.30. The molecule has 0 unspecified atom stereocenters. The molecule has 1 saturated carbocycles. The normalized spacial score (nSPS) is 16.5. The first-order valence-electron chi connectivity index (χ1n) is 7.34. The van der Waals surface area contributed by atoms with Crippen molar-refractivity contribution in [1.82, 2.24) is 0 Å². The third kappa shape index (κ3) is 3.33. The third-order valence-corrected chi connectivity index (χ3v) is 6.24. The quantitative estimate of drug-likeness (QED) is 0.877. The Morgan fingerprint density at radius 1 is 1.20 bits per heavy atom. The maximum atomic E-state index is 12.8. The van der Waals surface area contributed by atoms with E-state index in [9.17, 15) is 8.42 Å². The van der Waals surface area contributed by atoms with E-state index in [1.165, 1.54) is 0 Å². The van der Waals surface area contributed by atoms with Gasteiger partial charge in [0.25, 0.3) is 0 Å². The smallest absolute Gasteiger partial charge is 0.238 e. The van der Waals surface area contributed by atoms with Crippen LogP contribution in [0.4, 0.5) is 5.69 Å². The summed E-state index contributed by atoms with van der Waals surface area (Å²) in [6.07, 6.45) is 4.28. The largest absolute Gasteiger partial charge is 0.330 e. The lowest BCUT2D eigenvalue weighted by atomic mass is 10.2. The topological polar surface area (TPSA) is 63.4 Å². The Hall–Kier alpha value is -1.07. The van der Waals surface area contributed by atoms with Gasteiger partial charge in [0.1, 0.15) is 0 Å². The molecule has 0 heterocycles. The standard InChI is InChI=1S/C15H24N2O2S/c1-13-7-9-14(10-8-13)17(12-4-11-16)20(18,19)15-5-2-3-6-15/h7-10,15H,2-6,11-12,16H2,1H3. The van der Waals surface area contributed by atoms with Crippen LogP contribution in [0.2, 0.25) is 0 Å². The number of rotatable bonds is 6. The Labute approximate surface area is 122 Å². The van der Waals surface area contributed by atoms with Crippen LogP contribution >= 0.6 is 0 Å². The molecule has 20 heavy (non-hydrogen) atoms. The van der Waals surface area contributed by atoms with E-state index >= 15 is 0 Å². The summed E-state index contributed by atoms with van der Waals surface area (Å²) in [7, 11) is -3.26. The first-order chi connectivity index (χ1) is 9.55. The van der Waals surface area contributed by atoms with Crippen LogP contribution in [-0.4, -0.2) is 26.8 Å². The second-order valence-electron chi connectivity index (χ2n) is 5.50. The van der Waals surface area contributed by atoms with E-state index in [2.05, 4.69) is 0 Å². The number of nitrogens with two attached hydrogens (primary N) is 1. The average molecular weight is 296 g/mol. The van der Waals surface area contributed by atoms with Gasteiger partial charge in [-0.3, -0.25) is 4.31 Å². The Bertz CT molecular complexity index is 519. The van der Waals surface area contributed by atoms with Crippen LogP contribution in [0.1, 0.15) is 37.7 Å². The summed E-state index contributed by atoms with van der Waals surface area (Å²) in [5.41, 5.74) is 7.44. The number of nitrogens with zero attached hydrogens (tertiary/aromatic N) is 1. The van der Waals surface area contributed by atoms with Gasteiger partial charge in [-0.15, -0.1) is 0 Å². The van der Waals surface area contributed by atoms with Gasteiger partial charge in [0.2, 0.25) is 10.0 Å². The van der Waals surface area contributed by atoms with Crippen molar-refractivity contribution in [3.05, 3.63) is 29.8 Å². The van der Waals surface area contributed by atoms with Crippen molar-refractivity contribution in [1.29, 1.82) is 0 Å². The molecular weight excluding hydrogens is 272 g/mol. The monoisotopic (exact) mass is 296 g/mol. The number of hydrogen-bond acceptors (Lipinski definition) is 3. The summed E-state index contributed by atoms with van der Waals surface area (Å²) in [5.74, 6) is 0. The summed E-state index contributed by atoms with van der Waals surface area (Å²) in [6.45, 7) is 2.97. The Balaban J connectivity index is 2.28. The third-order valence-electron chi connectivity index (χ3n) is 3.92. The molecule has 1 aliphatic carbocycles. The Morgan fingerprint density at radius 3 is 2.35 bits per heavy atom. The first kappa shape index (κ1) is 15.3. The van der Waals surface area contributed by atoms with Crippen LogP contribution in [-0.2, 0) is 10.0 Å². The van der Waals surface area contributed by atoms with Gasteiger partial charge < -0.3 is 5.73 Å². The van der Waals surface area contributed by atoms with Crippen molar-refractivity contribution >= 4 is 15.7 Å². The summed E-state index contributed by atoms with van der Waals surface area (Å²) >= 11 is 0. The van der Waals surface area contributed by atoms with E-state index < -0.39 is 10.0 Å². The predicted molar refractivity (Wildman–Crippen MR) is 83.4 cm³/mol. The molecule has 4 nitrogen and oxygen atoms in total.